The number of rotatable bonds is 9. The van der Waals surface area contributed by atoms with Crippen LogP contribution in [0.3, 0.4) is 0 Å². The molecule has 2 aliphatic rings. The lowest BCUT2D eigenvalue weighted by Gasteiger charge is -2.34. The number of halogens is 4. The molecule has 2 fully saturated rings. The number of carboxylic acids is 1. The van der Waals surface area contributed by atoms with Gasteiger partial charge in [-0.15, -0.1) is 11.3 Å². The van der Waals surface area contributed by atoms with Crippen molar-refractivity contribution in [1.82, 2.24) is 14.8 Å². The molecule has 0 bridgehead atoms. The van der Waals surface area contributed by atoms with Crippen LogP contribution in [0.15, 0.2) is 52.7 Å². The average molecular weight is 648 g/mol. The van der Waals surface area contributed by atoms with Crippen molar-refractivity contribution >= 4 is 34.0 Å². The standard InChI is InChI=1S/C30H29F4N5O3S2/c31-23-13-18(6-7-26(23)44(35)42)12-22-25(14-17-4-5-17)39(29-36-24(16-43-29)28(40)41)37-27(22)19-2-1-3-21(15-19)38-10-8-20(9-11-38)30(32,33)34/h1-3,6-7,13,15-17,20H,4-5,8-12,14,35H2,(H,40,41). The van der Waals surface area contributed by atoms with Crippen LogP contribution in [0.4, 0.5) is 23.2 Å². The molecule has 1 unspecified atom stereocenters. The Bertz CT molecular complexity index is 1730. The first kappa shape index (κ1) is 30.4. The number of alkyl halides is 3. The van der Waals surface area contributed by atoms with Gasteiger partial charge in [-0.25, -0.2) is 28.2 Å². The summed E-state index contributed by atoms with van der Waals surface area (Å²) in [6, 6.07) is 11.8. The van der Waals surface area contributed by atoms with E-state index < -0.39 is 34.9 Å². The lowest BCUT2D eigenvalue weighted by Crippen LogP contribution is -2.39. The third-order valence-electron chi connectivity index (χ3n) is 8.20. The van der Waals surface area contributed by atoms with E-state index in [4.69, 9.17) is 10.2 Å². The van der Waals surface area contributed by atoms with E-state index in [2.05, 4.69) is 4.98 Å². The van der Waals surface area contributed by atoms with E-state index in [9.17, 15) is 31.7 Å². The van der Waals surface area contributed by atoms with Crippen LogP contribution in [0.1, 0.15) is 53.0 Å². The smallest absolute Gasteiger partial charge is 0.391 e. The van der Waals surface area contributed by atoms with Crippen molar-refractivity contribution in [1.29, 1.82) is 0 Å². The summed E-state index contributed by atoms with van der Waals surface area (Å²) in [4.78, 5) is 17.7. The molecule has 232 valence electrons. The Hall–Kier alpha value is -3.62. The van der Waals surface area contributed by atoms with Crippen molar-refractivity contribution < 1.29 is 31.7 Å². The zero-order valence-electron chi connectivity index (χ0n) is 23.4. The van der Waals surface area contributed by atoms with Crippen molar-refractivity contribution in [3.63, 3.8) is 0 Å². The van der Waals surface area contributed by atoms with Crippen LogP contribution >= 0.6 is 11.3 Å². The molecule has 1 saturated heterocycles. The highest BCUT2D eigenvalue weighted by Crippen LogP contribution is 2.40. The van der Waals surface area contributed by atoms with Gasteiger partial charge in [-0.2, -0.15) is 18.3 Å². The average Bonchev–Trinajstić information content (AvgIpc) is 3.54. The molecule has 3 N–H and O–H groups in total. The van der Waals surface area contributed by atoms with Crippen LogP contribution in [0.5, 0.6) is 0 Å². The lowest BCUT2D eigenvalue weighted by atomic mass is 9.95. The van der Waals surface area contributed by atoms with E-state index in [1.807, 2.05) is 29.2 Å². The fraction of sp³-hybridized carbons (Fsp3) is 0.367. The lowest BCUT2D eigenvalue weighted by molar-refractivity contribution is -0.179. The number of nitrogens with zero attached hydrogens (tertiary/aromatic N) is 4. The molecule has 4 aromatic rings. The summed E-state index contributed by atoms with van der Waals surface area (Å²) in [5.74, 6) is -2.74. The second kappa shape index (κ2) is 12.1. The summed E-state index contributed by atoms with van der Waals surface area (Å²) >= 11 is 1.15. The molecule has 1 atom stereocenters. The zero-order chi connectivity index (χ0) is 31.2. The molecule has 1 aliphatic heterocycles. The SMILES string of the molecule is NS(=O)c1ccc(Cc2c(-c3cccc(N4CCC(C(F)(F)F)CC4)c3)nn(-c3nc(C(=O)O)cs3)c2CC2CC2)cc1F. The minimum Gasteiger partial charge on any atom is -0.476 e. The maximum Gasteiger partial charge on any atom is 0.391 e. The maximum absolute atomic E-state index is 14.8. The Labute approximate surface area is 257 Å². The van der Waals surface area contributed by atoms with Crippen molar-refractivity contribution in [2.75, 3.05) is 18.0 Å². The van der Waals surface area contributed by atoms with E-state index in [0.717, 1.165) is 46.7 Å². The van der Waals surface area contributed by atoms with Gasteiger partial charge in [0.25, 0.3) is 0 Å². The monoisotopic (exact) mass is 647 g/mol. The highest BCUT2D eigenvalue weighted by atomic mass is 32.2. The number of thiazole rings is 1. The minimum absolute atomic E-state index is 0.0181. The van der Waals surface area contributed by atoms with Crippen LogP contribution in [0.2, 0.25) is 0 Å². The third kappa shape index (κ3) is 6.42. The minimum atomic E-state index is -4.21. The van der Waals surface area contributed by atoms with Crippen LogP contribution in [-0.2, 0) is 23.8 Å². The Kier molecular flexibility index (Phi) is 8.33. The number of nitrogens with two attached hydrogens (primary N) is 1. The van der Waals surface area contributed by atoms with Crippen LogP contribution in [0, 0.1) is 17.7 Å². The Morgan fingerprint density at radius 1 is 1.11 bits per heavy atom. The summed E-state index contributed by atoms with van der Waals surface area (Å²) in [5.41, 5.74) is 4.22. The van der Waals surface area contributed by atoms with E-state index in [-0.39, 0.29) is 42.9 Å². The zero-order valence-corrected chi connectivity index (χ0v) is 25.0. The number of benzene rings is 2. The summed E-state index contributed by atoms with van der Waals surface area (Å²) in [5, 5.41) is 21.7. The number of anilines is 1. The molecule has 8 nitrogen and oxygen atoms in total. The molecule has 3 heterocycles. The summed E-state index contributed by atoms with van der Waals surface area (Å²) in [6.45, 7) is 0.542. The maximum atomic E-state index is 14.8. The first-order valence-electron chi connectivity index (χ1n) is 14.1. The molecule has 44 heavy (non-hydrogen) atoms. The molecule has 2 aromatic heterocycles. The summed E-state index contributed by atoms with van der Waals surface area (Å²) < 4.78 is 68.0. The van der Waals surface area contributed by atoms with Gasteiger partial charge < -0.3 is 10.0 Å². The van der Waals surface area contributed by atoms with Gasteiger partial charge in [0.1, 0.15) is 16.8 Å². The molecule has 1 saturated carbocycles. The van der Waals surface area contributed by atoms with Gasteiger partial charge in [0.05, 0.1) is 22.2 Å². The van der Waals surface area contributed by atoms with Gasteiger partial charge in [0, 0.05) is 41.7 Å². The number of piperidine rings is 1. The Morgan fingerprint density at radius 2 is 1.86 bits per heavy atom. The molecule has 0 radical (unpaired) electrons. The molecular formula is C30H29F4N5O3S2. The number of carboxylic acid groups (broad SMARTS) is 1. The Balaban J connectivity index is 1.43. The molecule has 14 heteroatoms. The number of hydrogen-bond acceptors (Lipinski definition) is 6. The predicted octanol–water partition coefficient (Wildman–Crippen LogP) is 6.14. The van der Waals surface area contributed by atoms with Gasteiger partial charge in [0.15, 0.2) is 5.69 Å². The fourth-order valence-electron chi connectivity index (χ4n) is 5.66. The van der Waals surface area contributed by atoms with Gasteiger partial charge in [-0.3, -0.25) is 0 Å². The van der Waals surface area contributed by atoms with Gasteiger partial charge in [0.2, 0.25) is 5.13 Å². The van der Waals surface area contributed by atoms with E-state index in [0.29, 0.717) is 28.7 Å². The Morgan fingerprint density at radius 3 is 2.48 bits per heavy atom. The van der Waals surface area contributed by atoms with Crippen molar-refractivity contribution in [3.8, 4) is 16.4 Å². The number of carbonyl (C=O) groups is 1. The van der Waals surface area contributed by atoms with Crippen LogP contribution in [-0.4, -0.2) is 49.3 Å². The first-order chi connectivity index (χ1) is 21.0. The van der Waals surface area contributed by atoms with Crippen LogP contribution in [0.25, 0.3) is 16.4 Å². The highest BCUT2D eigenvalue weighted by molar-refractivity contribution is 7.82. The topological polar surface area (TPSA) is 114 Å². The number of aromatic carboxylic acids is 1. The molecule has 1 aliphatic carbocycles. The number of hydrogen-bond donors (Lipinski definition) is 2. The molecule has 2 aromatic carbocycles. The normalized spacial score (nSPS) is 16.8. The molecule has 0 amide bonds. The quantitative estimate of drug-likeness (QED) is 0.211. The third-order valence-corrected chi connectivity index (χ3v) is 9.78. The summed E-state index contributed by atoms with van der Waals surface area (Å²) in [7, 11) is -1.98. The molecule has 6 rings (SSSR count). The van der Waals surface area contributed by atoms with Crippen LogP contribution < -0.4 is 10.0 Å². The van der Waals surface area contributed by atoms with E-state index in [1.54, 1.807) is 10.7 Å². The second-order valence-electron chi connectivity index (χ2n) is 11.2. The first-order valence-corrected chi connectivity index (χ1v) is 16.2. The fourth-order valence-corrected chi connectivity index (χ4v) is 6.89. The summed E-state index contributed by atoms with van der Waals surface area (Å²) in [6.07, 6.45) is -1.18. The van der Waals surface area contributed by atoms with Crippen molar-refractivity contribution in [2.24, 2.45) is 17.0 Å². The van der Waals surface area contributed by atoms with Gasteiger partial charge in [-0.1, -0.05) is 18.2 Å². The van der Waals surface area contributed by atoms with Crippen molar-refractivity contribution in [2.45, 2.75) is 49.6 Å². The largest absolute Gasteiger partial charge is 0.476 e. The van der Waals surface area contributed by atoms with Crippen molar-refractivity contribution in [3.05, 3.63) is 76.2 Å². The molecular weight excluding hydrogens is 618 g/mol. The molecule has 0 spiro atoms. The number of aromatic nitrogens is 3. The highest BCUT2D eigenvalue weighted by Gasteiger charge is 2.41. The second-order valence-corrected chi connectivity index (χ2v) is 13.1. The van der Waals surface area contributed by atoms with Gasteiger partial charge in [-0.05, 0) is 67.9 Å². The predicted molar refractivity (Wildman–Crippen MR) is 159 cm³/mol. The van der Waals surface area contributed by atoms with E-state index >= 15 is 0 Å². The van der Waals surface area contributed by atoms with Gasteiger partial charge >= 0.3 is 12.1 Å². The van der Waals surface area contributed by atoms with E-state index in [1.165, 1.54) is 17.5 Å².